The Labute approximate surface area is 140 Å². The van der Waals surface area contributed by atoms with Gasteiger partial charge in [0.1, 0.15) is 11.1 Å². The van der Waals surface area contributed by atoms with Gasteiger partial charge in [-0.2, -0.15) is 0 Å². The molecule has 2 amide bonds. The number of likely N-dealkylation sites (tertiary alicyclic amines) is 2. The molecule has 0 aliphatic carbocycles. The van der Waals surface area contributed by atoms with E-state index in [-0.39, 0.29) is 23.8 Å². The molecule has 124 valence electrons. The van der Waals surface area contributed by atoms with E-state index in [9.17, 15) is 9.59 Å². The number of rotatable bonds is 3. The lowest BCUT2D eigenvalue weighted by molar-refractivity contribution is -0.147. The second-order valence-electron chi connectivity index (χ2n) is 6.05. The van der Waals surface area contributed by atoms with Gasteiger partial charge in [0.25, 0.3) is 0 Å². The fraction of sp³-hybridized carbons (Fsp3) is 0.562. The minimum Gasteiger partial charge on any atom is -0.470 e. The Morgan fingerprint density at radius 3 is 2.57 bits per heavy atom. The predicted octanol–water partition coefficient (Wildman–Crippen LogP) is 1.58. The number of carbonyl (C=O) groups excluding carboxylic acids is 2. The van der Waals surface area contributed by atoms with Crippen molar-refractivity contribution >= 4 is 23.4 Å². The molecular formula is C16H20ClN3O3. The molecule has 2 fully saturated rings. The number of aromatic nitrogens is 1. The highest BCUT2D eigenvalue weighted by molar-refractivity contribution is 6.31. The van der Waals surface area contributed by atoms with Gasteiger partial charge in [-0.15, -0.1) is 0 Å². The Balaban J connectivity index is 1.45. The fourth-order valence-electron chi connectivity index (χ4n) is 3.01. The van der Waals surface area contributed by atoms with E-state index in [4.69, 9.17) is 16.3 Å². The zero-order chi connectivity index (χ0) is 16.4. The van der Waals surface area contributed by atoms with E-state index >= 15 is 0 Å². The average Bonchev–Trinajstić information content (AvgIpc) is 2.51. The molecule has 0 radical (unpaired) electrons. The van der Waals surface area contributed by atoms with E-state index in [2.05, 4.69) is 4.98 Å². The molecule has 0 unspecified atom stereocenters. The molecule has 0 atom stereocenters. The molecule has 3 rings (SSSR count). The van der Waals surface area contributed by atoms with Crippen molar-refractivity contribution < 1.29 is 14.3 Å². The molecule has 23 heavy (non-hydrogen) atoms. The largest absolute Gasteiger partial charge is 0.470 e. The summed E-state index contributed by atoms with van der Waals surface area (Å²) in [6.45, 7) is 4.05. The molecule has 6 nitrogen and oxygen atoms in total. The molecule has 2 aliphatic rings. The molecule has 3 heterocycles. The lowest BCUT2D eigenvalue weighted by Crippen LogP contribution is -2.58. The summed E-state index contributed by atoms with van der Waals surface area (Å²) in [5.41, 5.74) is 0. The molecular weight excluding hydrogens is 318 g/mol. The smallest absolute Gasteiger partial charge is 0.232 e. The van der Waals surface area contributed by atoms with Gasteiger partial charge in [0, 0.05) is 32.1 Å². The molecule has 0 spiro atoms. The summed E-state index contributed by atoms with van der Waals surface area (Å²) in [4.78, 5) is 31.5. The van der Waals surface area contributed by atoms with Crippen molar-refractivity contribution in [1.82, 2.24) is 14.8 Å². The number of ether oxygens (including phenoxy) is 1. The van der Waals surface area contributed by atoms with Crippen LogP contribution in [0.1, 0.15) is 19.8 Å². The third-order valence-corrected chi connectivity index (χ3v) is 4.74. The molecule has 0 N–H and O–H groups in total. The molecule has 0 bridgehead atoms. The van der Waals surface area contributed by atoms with Crippen LogP contribution in [0.25, 0.3) is 0 Å². The van der Waals surface area contributed by atoms with Crippen LogP contribution in [-0.4, -0.2) is 58.9 Å². The zero-order valence-electron chi connectivity index (χ0n) is 13.1. The fourth-order valence-corrected chi connectivity index (χ4v) is 3.17. The third kappa shape index (κ3) is 3.58. The van der Waals surface area contributed by atoms with Gasteiger partial charge in [-0.3, -0.25) is 9.59 Å². The first-order chi connectivity index (χ1) is 11.0. The van der Waals surface area contributed by atoms with Crippen molar-refractivity contribution in [2.75, 3.05) is 26.2 Å². The monoisotopic (exact) mass is 337 g/mol. The topological polar surface area (TPSA) is 62.7 Å². The third-order valence-electron chi connectivity index (χ3n) is 4.45. The Hall–Kier alpha value is -1.82. The van der Waals surface area contributed by atoms with Gasteiger partial charge in [0.15, 0.2) is 0 Å². The van der Waals surface area contributed by atoms with E-state index in [0.29, 0.717) is 37.1 Å². The van der Waals surface area contributed by atoms with Gasteiger partial charge >= 0.3 is 0 Å². The van der Waals surface area contributed by atoms with Gasteiger partial charge < -0.3 is 14.5 Å². The summed E-state index contributed by atoms with van der Waals surface area (Å²) in [7, 11) is 0. The van der Waals surface area contributed by atoms with Gasteiger partial charge in [0.2, 0.25) is 17.7 Å². The van der Waals surface area contributed by atoms with E-state index in [1.807, 2.05) is 4.90 Å². The van der Waals surface area contributed by atoms with Crippen LogP contribution in [0.5, 0.6) is 5.88 Å². The summed E-state index contributed by atoms with van der Waals surface area (Å²) in [6, 6.07) is 3.48. The van der Waals surface area contributed by atoms with Crippen molar-refractivity contribution in [3.05, 3.63) is 23.4 Å². The van der Waals surface area contributed by atoms with Crippen LogP contribution in [0.3, 0.4) is 0 Å². The van der Waals surface area contributed by atoms with Crippen LogP contribution in [-0.2, 0) is 9.59 Å². The number of hydrogen-bond acceptors (Lipinski definition) is 4. The molecule has 7 heteroatoms. The zero-order valence-corrected chi connectivity index (χ0v) is 13.8. The average molecular weight is 338 g/mol. The summed E-state index contributed by atoms with van der Waals surface area (Å²) < 4.78 is 5.71. The highest BCUT2D eigenvalue weighted by atomic mass is 35.5. The molecule has 2 aliphatic heterocycles. The Morgan fingerprint density at radius 2 is 1.96 bits per heavy atom. The number of carbonyl (C=O) groups is 2. The maximum absolute atomic E-state index is 12.4. The number of halogens is 1. The van der Waals surface area contributed by atoms with Crippen LogP contribution in [0.15, 0.2) is 18.3 Å². The maximum Gasteiger partial charge on any atom is 0.232 e. The lowest BCUT2D eigenvalue weighted by atomic mass is 9.93. The standard InChI is InChI=1S/C16H20ClN3O3/c1-11(21)19-7-4-12(5-8-19)16(22)20-9-13(10-20)23-15-14(17)3-2-6-18-15/h2-3,6,12-13H,4-5,7-10H2,1H3. The second-order valence-corrected chi connectivity index (χ2v) is 6.46. The lowest BCUT2D eigenvalue weighted by Gasteiger charge is -2.42. The summed E-state index contributed by atoms with van der Waals surface area (Å²) in [5.74, 6) is 0.687. The minimum absolute atomic E-state index is 0.0185. The molecule has 0 aromatic carbocycles. The van der Waals surface area contributed by atoms with Gasteiger partial charge in [-0.1, -0.05) is 11.6 Å². The van der Waals surface area contributed by atoms with Gasteiger partial charge in [0.05, 0.1) is 13.1 Å². The van der Waals surface area contributed by atoms with Crippen LogP contribution in [0.2, 0.25) is 5.02 Å². The number of pyridine rings is 1. The molecule has 1 aromatic heterocycles. The number of amides is 2. The van der Waals surface area contributed by atoms with Crippen LogP contribution >= 0.6 is 11.6 Å². The SMILES string of the molecule is CC(=O)N1CCC(C(=O)N2CC(Oc3ncccc3Cl)C2)CC1. The van der Waals surface area contributed by atoms with Gasteiger partial charge in [-0.25, -0.2) is 4.98 Å². The molecule has 2 saturated heterocycles. The quantitative estimate of drug-likeness (QED) is 0.840. The van der Waals surface area contributed by atoms with E-state index in [1.165, 1.54) is 0 Å². The normalized spacial score (nSPS) is 19.4. The first kappa shape index (κ1) is 16.1. The minimum atomic E-state index is -0.0522. The number of piperidine rings is 1. The number of hydrogen-bond donors (Lipinski definition) is 0. The Morgan fingerprint density at radius 1 is 1.26 bits per heavy atom. The highest BCUT2D eigenvalue weighted by Gasteiger charge is 2.37. The summed E-state index contributed by atoms with van der Waals surface area (Å²) in [5, 5.41) is 0.480. The van der Waals surface area contributed by atoms with Crippen molar-refractivity contribution in [3.63, 3.8) is 0 Å². The van der Waals surface area contributed by atoms with E-state index in [0.717, 1.165) is 12.8 Å². The van der Waals surface area contributed by atoms with E-state index < -0.39 is 0 Å². The second kappa shape index (κ2) is 6.74. The number of nitrogens with zero attached hydrogens (tertiary/aromatic N) is 3. The van der Waals surface area contributed by atoms with Crippen molar-refractivity contribution in [2.45, 2.75) is 25.9 Å². The first-order valence-corrected chi connectivity index (χ1v) is 8.24. The van der Waals surface area contributed by atoms with Crippen LogP contribution in [0, 0.1) is 5.92 Å². The Bertz CT molecular complexity index is 596. The van der Waals surface area contributed by atoms with Crippen molar-refractivity contribution in [1.29, 1.82) is 0 Å². The van der Waals surface area contributed by atoms with Crippen molar-refractivity contribution in [2.24, 2.45) is 5.92 Å². The molecule has 0 saturated carbocycles. The first-order valence-electron chi connectivity index (χ1n) is 7.86. The highest BCUT2D eigenvalue weighted by Crippen LogP contribution is 2.26. The van der Waals surface area contributed by atoms with Crippen LogP contribution < -0.4 is 4.74 Å². The Kier molecular flexibility index (Phi) is 4.71. The summed E-state index contributed by atoms with van der Waals surface area (Å²) in [6.07, 6.45) is 3.06. The molecule has 1 aromatic rings. The van der Waals surface area contributed by atoms with Crippen LogP contribution in [0.4, 0.5) is 0 Å². The van der Waals surface area contributed by atoms with Crippen molar-refractivity contribution in [3.8, 4) is 5.88 Å². The summed E-state index contributed by atoms with van der Waals surface area (Å²) >= 11 is 6.01. The van der Waals surface area contributed by atoms with E-state index in [1.54, 1.807) is 30.2 Å². The maximum atomic E-state index is 12.4. The van der Waals surface area contributed by atoms with Gasteiger partial charge in [-0.05, 0) is 25.0 Å². The predicted molar refractivity (Wildman–Crippen MR) is 85.2 cm³/mol.